The van der Waals surface area contributed by atoms with Gasteiger partial charge in [0.15, 0.2) is 5.65 Å². The summed E-state index contributed by atoms with van der Waals surface area (Å²) in [6, 6.07) is 7.32. The first kappa shape index (κ1) is 13.2. The van der Waals surface area contributed by atoms with E-state index in [-0.39, 0.29) is 5.91 Å². The molecule has 0 aliphatic rings. The summed E-state index contributed by atoms with van der Waals surface area (Å²) in [6.45, 7) is 4.12. The van der Waals surface area contributed by atoms with Crippen LogP contribution in [0.15, 0.2) is 30.5 Å². The number of carbonyl (C=O) groups excluding carboxylic acids is 1. The molecule has 0 atom stereocenters. The number of nitrogens with one attached hydrogen (secondary N) is 2. The second-order valence-electron chi connectivity index (χ2n) is 4.90. The van der Waals surface area contributed by atoms with Gasteiger partial charge >= 0.3 is 0 Å². The third-order valence-electron chi connectivity index (χ3n) is 3.18. The van der Waals surface area contributed by atoms with E-state index in [1.165, 1.54) is 0 Å². The normalized spacial score (nSPS) is 10.8. The first-order valence-corrected chi connectivity index (χ1v) is 6.65. The highest BCUT2D eigenvalue weighted by Crippen LogP contribution is 2.12. The molecule has 3 heterocycles. The smallest absolute Gasteiger partial charge is 0.251 e. The molecule has 0 spiro atoms. The summed E-state index contributed by atoms with van der Waals surface area (Å²) in [5.41, 5.74) is 3.76. The predicted octanol–water partition coefficient (Wildman–Crippen LogP) is 1.90. The molecule has 0 fully saturated rings. The lowest BCUT2D eigenvalue weighted by atomic mass is 10.2. The molecule has 0 aromatic carbocycles. The Morgan fingerprint density at radius 1 is 1.29 bits per heavy atom. The molecule has 0 aliphatic carbocycles. The first-order chi connectivity index (χ1) is 10.1. The standard InChI is InChI=1S/C15H15N5O/c1-9-6-11(7-10(2)18-9)15(21)17-8-13-12-4-3-5-16-14(12)20-19-13/h3-7H,8H2,1-2H3,(H,17,21)(H,16,19,20). The van der Waals surface area contributed by atoms with Crippen molar-refractivity contribution in [3.63, 3.8) is 0 Å². The molecular weight excluding hydrogens is 266 g/mol. The fraction of sp³-hybridized carbons (Fsp3) is 0.200. The number of carbonyl (C=O) groups is 1. The van der Waals surface area contributed by atoms with Crippen LogP contribution in [0.25, 0.3) is 11.0 Å². The largest absolute Gasteiger partial charge is 0.346 e. The third-order valence-corrected chi connectivity index (χ3v) is 3.18. The molecule has 21 heavy (non-hydrogen) atoms. The second kappa shape index (κ2) is 5.32. The molecule has 0 bridgehead atoms. The van der Waals surface area contributed by atoms with Gasteiger partial charge < -0.3 is 5.32 Å². The molecule has 3 aromatic heterocycles. The number of hydrogen-bond donors (Lipinski definition) is 2. The van der Waals surface area contributed by atoms with Crippen LogP contribution < -0.4 is 5.32 Å². The lowest BCUT2D eigenvalue weighted by molar-refractivity contribution is 0.0950. The zero-order valence-corrected chi connectivity index (χ0v) is 11.8. The van der Waals surface area contributed by atoms with Crippen LogP contribution in [0.4, 0.5) is 0 Å². The van der Waals surface area contributed by atoms with Gasteiger partial charge in [0.25, 0.3) is 5.91 Å². The van der Waals surface area contributed by atoms with E-state index < -0.39 is 0 Å². The van der Waals surface area contributed by atoms with Gasteiger partial charge in [-0.3, -0.25) is 14.9 Å². The highest BCUT2D eigenvalue weighted by atomic mass is 16.1. The van der Waals surface area contributed by atoms with Crippen molar-refractivity contribution in [3.05, 3.63) is 53.1 Å². The van der Waals surface area contributed by atoms with E-state index in [0.29, 0.717) is 17.8 Å². The minimum absolute atomic E-state index is 0.129. The van der Waals surface area contributed by atoms with E-state index in [4.69, 9.17) is 0 Å². The van der Waals surface area contributed by atoms with Crippen molar-refractivity contribution in [2.75, 3.05) is 0 Å². The zero-order valence-electron chi connectivity index (χ0n) is 11.8. The summed E-state index contributed by atoms with van der Waals surface area (Å²) in [6.07, 6.45) is 1.69. The Morgan fingerprint density at radius 3 is 2.81 bits per heavy atom. The van der Waals surface area contributed by atoms with Gasteiger partial charge in [-0.15, -0.1) is 0 Å². The minimum Gasteiger partial charge on any atom is -0.346 e. The molecule has 6 heteroatoms. The molecule has 106 valence electrons. The van der Waals surface area contributed by atoms with Crippen LogP contribution in [-0.2, 0) is 6.54 Å². The number of aryl methyl sites for hydroxylation is 2. The summed E-state index contributed by atoms with van der Waals surface area (Å²) in [4.78, 5) is 20.6. The second-order valence-corrected chi connectivity index (χ2v) is 4.90. The highest BCUT2D eigenvalue weighted by molar-refractivity contribution is 5.94. The van der Waals surface area contributed by atoms with Gasteiger partial charge in [0.05, 0.1) is 12.2 Å². The summed E-state index contributed by atoms with van der Waals surface area (Å²) in [5.74, 6) is -0.129. The lowest BCUT2D eigenvalue weighted by Gasteiger charge is -2.06. The molecule has 0 aliphatic heterocycles. The monoisotopic (exact) mass is 281 g/mol. The van der Waals surface area contributed by atoms with Crippen LogP contribution in [0.1, 0.15) is 27.4 Å². The van der Waals surface area contributed by atoms with Crippen molar-refractivity contribution in [1.29, 1.82) is 0 Å². The van der Waals surface area contributed by atoms with Gasteiger partial charge in [0.1, 0.15) is 0 Å². The van der Waals surface area contributed by atoms with Crippen molar-refractivity contribution in [2.24, 2.45) is 0 Å². The van der Waals surface area contributed by atoms with Crippen LogP contribution in [0, 0.1) is 13.8 Å². The number of aromatic nitrogens is 4. The van der Waals surface area contributed by atoms with Crippen LogP contribution in [0.2, 0.25) is 0 Å². The third kappa shape index (κ3) is 2.74. The number of aromatic amines is 1. The fourth-order valence-corrected chi connectivity index (χ4v) is 2.27. The van der Waals surface area contributed by atoms with Crippen molar-refractivity contribution in [1.82, 2.24) is 25.5 Å². The zero-order chi connectivity index (χ0) is 14.8. The number of amides is 1. The summed E-state index contributed by atoms with van der Waals surface area (Å²) < 4.78 is 0. The van der Waals surface area contributed by atoms with Crippen molar-refractivity contribution >= 4 is 16.9 Å². The summed E-state index contributed by atoms with van der Waals surface area (Å²) in [5, 5.41) is 10.8. The maximum Gasteiger partial charge on any atom is 0.251 e. The number of rotatable bonds is 3. The van der Waals surface area contributed by atoms with E-state index in [1.54, 1.807) is 18.3 Å². The molecule has 0 unspecified atom stereocenters. The molecule has 3 rings (SSSR count). The molecule has 0 saturated heterocycles. The maximum atomic E-state index is 12.2. The van der Waals surface area contributed by atoms with Gasteiger partial charge in [-0.05, 0) is 38.1 Å². The predicted molar refractivity (Wildman–Crippen MR) is 78.8 cm³/mol. The van der Waals surface area contributed by atoms with E-state index in [0.717, 1.165) is 22.5 Å². The van der Waals surface area contributed by atoms with Crippen LogP contribution >= 0.6 is 0 Å². The molecular formula is C15H15N5O. The van der Waals surface area contributed by atoms with Gasteiger partial charge in [-0.2, -0.15) is 5.10 Å². The minimum atomic E-state index is -0.129. The molecule has 6 nitrogen and oxygen atoms in total. The van der Waals surface area contributed by atoms with E-state index in [1.807, 2.05) is 26.0 Å². The van der Waals surface area contributed by atoms with E-state index in [9.17, 15) is 4.79 Å². The number of hydrogen-bond acceptors (Lipinski definition) is 4. The molecule has 0 saturated carbocycles. The Hall–Kier alpha value is -2.76. The van der Waals surface area contributed by atoms with Gasteiger partial charge in [-0.1, -0.05) is 0 Å². The lowest BCUT2D eigenvalue weighted by Crippen LogP contribution is -2.23. The number of nitrogens with zero attached hydrogens (tertiary/aromatic N) is 3. The van der Waals surface area contributed by atoms with Crippen LogP contribution in [-0.4, -0.2) is 26.1 Å². The molecule has 2 N–H and O–H groups in total. The molecule has 0 radical (unpaired) electrons. The Labute approximate surface area is 121 Å². The van der Waals surface area contributed by atoms with E-state index in [2.05, 4.69) is 25.5 Å². The molecule has 1 amide bonds. The first-order valence-electron chi connectivity index (χ1n) is 6.65. The Bertz CT molecular complexity index is 788. The Morgan fingerprint density at radius 2 is 2.05 bits per heavy atom. The van der Waals surface area contributed by atoms with Crippen molar-refractivity contribution in [2.45, 2.75) is 20.4 Å². The van der Waals surface area contributed by atoms with Crippen molar-refractivity contribution in [3.8, 4) is 0 Å². The molecule has 3 aromatic rings. The Kier molecular flexibility index (Phi) is 3.35. The van der Waals surface area contributed by atoms with Crippen LogP contribution in [0.3, 0.4) is 0 Å². The number of H-pyrrole nitrogens is 1. The number of pyridine rings is 2. The SMILES string of the molecule is Cc1cc(C(=O)NCc2[nH]nc3ncccc23)cc(C)n1. The van der Waals surface area contributed by atoms with Gasteiger partial charge in [-0.25, -0.2) is 4.98 Å². The van der Waals surface area contributed by atoms with E-state index >= 15 is 0 Å². The summed E-state index contributed by atoms with van der Waals surface area (Å²) in [7, 11) is 0. The quantitative estimate of drug-likeness (QED) is 0.768. The van der Waals surface area contributed by atoms with Crippen molar-refractivity contribution < 1.29 is 4.79 Å². The topological polar surface area (TPSA) is 83.6 Å². The van der Waals surface area contributed by atoms with Gasteiger partial charge in [0, 0.05) is 28.5 Å². The average Bonchev–Trinajstić information content (AvgIpc) is 2.87. The summed E-state index contributed by atoms with van der Waals surface area (Å²) >= 11 is 0. The Balaban J connectivity index is 1.76. The average molecular weight is 281 g/mol. The van der Waals surface area contributed by atoms with Crippen LogP contribution in [0.5, 0.6) is 0 Å². The highest BCUT2D eigenvalue weighted by Gasteiger charge is 2.10. The fourth-order valence-electron chi connectivity index (χ4n) is 2.27. The van der Waals surface area contributed by atoms with Gasteiger partial charge in [0.2, 0.25) is 0 Å². The number of fused-ring (bicyclic) bond motifs is 1. The maximum absolute atomic E-state index is 12.2.